The molecule has 7 heteroatoms. The molecule has 7 nitrogen and oxygen atoms in total. The average molecular weight is 429 g/mol. The molecule has 1 fully saturated rings. The van der Waals surface area contributed by atoms with Crippen LogP contribution in [0, 0.1) is 0 Å². The molecule has 0 radical (unpaired) electrons. The van der Waals surface area contributed by atoms with Crippen molar-refractivity contribution in [1.29, 1.82) is 0 Å². The maximum Gasteiger partial charge on any atom is 0.233 e. The van der Waals surface area contributed by atoms with Crippen LogP contribution in [0.2, 0.25) is 0 Å². The Hall–Kier alpha value is -3.42. The van der Waals surface area contributed by atoms with Gasteiger partial charge < -0.3 is 15.2 Å². The molecule has 32 heavy (non-hydrogen) atoms. The number of hydrogen-bond acceptors (Lipinski definition) is 4. The molecule has 3 heterocycles. The van der Waals surface area contributed by atoms with Crippen LogP contribution in [-0.4, -0.2) is 70.7 Å². The summed E-state index contributed by atoms with van der Waals surface area (Å²) in [7, 11) is 2.15. The number of likely N-dealkylation sites (N-methyl/N-ethyl adjacent to an activating group) is 1. The van der Waals surface area contributed by atoms with Gasteiger partial charge in [-0.3, -0.25) is 14.8 Å². The lowest BCUT2D eigenvalue weighted by molar-refractivity contribution is -0.118. The summed E-state index contributed by atoms with van der Waals surface area (Å²) in [4.78, 5) is 21.6. The molecule has 0 bridgehead atoms. The zero-order chi connectivity index (χ0) is 21.9. The van der Waals surface area contributed by atoms with Crippen molar-refractivity contribution in [3.63, 3.8) is 0 Å². The number of carbonyl (C=O) groups excluding carboxylic acids is 1. The molecule has 1 aliphatic heterocycles. The molecule has 4 aromatic rings. The standard InChI is InChI=1S/C25H28N6O/c1-30-10-12-31(13-11-30)17-22(18-6-3-2-4-7-18)25(32)29-23-9-5-8-20-21(16-26-24(20)23)19-14-27-28-15-19/h2-9,14-16,22,26H,10-13,17H2,1H3,(H,27,28)(H,29,32)/t22-/m0/s1. The van der Waals surface area contributed by atoms with Crippen molar-refractivity contribution in [3.8, 4) is 11.1 Å². The molecule has 2 aromatic heterocycles. The molecule has 1 atom stereocenters. The maximum atomic E-state index is 13.6. The molecule has 5 rings (SSSR count). The normalized spacial score (nSPS) is 16.3. The summed E-state index contributed by atoms with van der Waals surface area (Å²) in [5.74, 6) is -0.222. The first-order valence-corrected chi connectivity index (χ1v) is 11.0. The predicted octanol–water partition coefficient (Wildman–Crippen LogP) is 3.53. The monoisotopic (exact) mass is 428 g/mol. The van der Waals surface area contributed by atoms with Gasteiger partial charge in [-0.05, 0) is 18.7 Å². The number of hydrogen-bond donors (Lipinski definition) is 3. The molecule has 2 aromatic carbocycles. The highest BCUT2D eigenvalue weighted by molar-refractivity contribution is 6.07. The van der Waals surface area contributed by atoms with Crippen molar-refractivity contribution in [1.82, 2.24) is 25.0 Å². The highest BCUT2D eigenvalue weighted by atomic mass is 16.1. The smallest absolute Gasteiger partial charge is 0.233 e. The maximum absolute atomic E-state index is 13.6. The molecule has 0 aliphatic carbocycles. The molecule has 164 valence electrons. The first-order valence-electron chi connectivity index (χ1n) is 11.0. The van der Waals surface area contributed by atoms with Gasteiger partial charge in [-0.2, -0.15) is 5.10 Å². The molecule has 0 unspecified atom stereocenters. The van der Waals surface area contributed by atoms with E-state index in [-0.39, 0.29) is 11.8 Å². The number of piperazine rings is 1. The van der Waals surface area contributed by atoms with Gasteiger partial charge in [-0.1, -0.05) is 42.5 Å². The number of nitrogens with one attached hydrogen (secondary N) is 3. The zero-order valence-corrected chi connectivity index (χ0v) is 18.2. The topological polar surface area (TPSA) is 80.0 Å². The number of aromatic amines is 2. The minimum atomic E-state index is -0.238. The van der Waals surface area contributed by atoms with E-state index in [0.717, 1.165) is 59.5 Å². The summed E-state index contributed by atoms with van der Waals surface area (Å²) in [6.45, 7) is 4.73. The van der Waals surface area contributed by atoms with Gasteiger partial charge in [-0.15, -0.1) is 0 Å². The van der Waals surface area contributed by atoms with E-state index in [1.54, 1.807) is 6.20 Å². The van der Waals surface area contributed by atoms with Crippen LogP contribution < -0.4 is 5.32 Å². The lowest BCUT2D eigenvalue weighted by atomic mass is 9.97. The summed E-state index contributed by atoms with van der Waals surface area (Å²) in [5.41, 5.74) is 4.82. The van der Waals surface area contributed by atoms with Crippen LogP contribution in [0.4, 0.5) is 5.69 Å². The van der Waals surface area contributed by atoms with Crippen LogP contribution in [0.15, 0.2) is 67.1 Å². The number of H-pyrrole nitrogens is 2. The molecule has 1 amide bonds. The second kappa shape index (κ2) is 8.98. The summed E-state index contributed by atoms with van der Waals surface area (Å²) >= 11 is 0. The van der Waals surface area contributed by atoms with Gasteiger partial charge in [0.25, 0.3) is 0 Å². The fourth-order valence-corrected chi connectivity index (χ4v) is 4.43. The minimum Gasteiger partial charge on any atom is -0.359 e. The van der Waals surface area contributed by atoms with E-state index in [1.807, 2.05) is 54.9 Å². The van der Waals surface area contributed by atoms with E-state index in [0.29, 0.717) is 6.54 Å². The second-order valence-corrected chi connectivity index (χ2v) is 8.47. The third-order valence-electron chi connectivity index (χ3n) is 6.34. The number of rotatable bonds is 6. The van der Waals surface area contributed by atoms with Gasteiger partial charge >= 0.3 is 0 Å². The summed E-state index contributed by atoms with van der Waals surface area (Å²) < 4.78 is 0. The Kier molecular flexibility index (Phi) is 5.75. The van der Waals surface area contributed by atoms with Crippen molar-refractivity contribution in [2.75, 3.05) is 45.1 Å². The van der Waals surface area contributed by atoms with E-state index in [9.17, 15) is 4.79 Å². The number of fused-ring (bicyclic) bond motifs is 1. The quantitative estimate of drug-likeness (QED) is 0.439. The van der Waals surface area contributed by atoms with Crippen molar-refractivity contribution in [3.05, 3.63) is 72.7 Å². The Morgan fingerprint density at radius 1 is 1.06 bits per heavy atom. The van der Waals surface area contributed by atoms with E-state index in [4.69, 9.17) is 0 Å². The van der Waals surface area contributed by atoms with Crippen LogP contribution in [-0.2, 0) is 4.79 Å². The van der Waals surface area contributed by atoms with Crippen LogP contribution in [0.25, 0.3) is 22.0 Å². The molecule has 0 spiro atoms. The SMILES string of the molecule is CN1CCN(C[C@H](C(=O)Nc2cccc3c(-c4cn[nH]c4)c[nH]c23)c2ccccc2)CC1. The lowest BCUT2D eigenvalue weighted by Crippen LogP contribution is -2.47. The van der Waals surface area contributed by atoms with Crippen molar-refractivity contribution in [2.45, 2.75) is 5.92 Å². The average Bonchev–Trinajstić information content (AvgIpc) is 3.49. The zero-order valence-electron chi connectivity index (χ0n) is 18.2. The van der Waals surface area contributed by atoms with Gasteiger partial charge in [0.15, 0.2) is 0 Å². The van der Waals surface area contributed by atoms with Gasteiger partial charge in [-0.25, -0.2) is 0 Å². The van der Waals surface area contributed by atoms with Crippen molar-refractivity contribution >= 4 is 22.5 Å². The van der Waals surface area contributed by atoms with Crippen LogP contribution >= 0.6 is 0 Å². The highest BCUT2D eigenvalue weighted by Gasteiger charge is 2.26. The largest absolute Gasteiger partial charge is 0.359 e. The highest BCUT2D eigenvalue weighted by Crippen LogP contribution is 2.32. The summed E-state index contributed by atoms with van der Waals surface area (Å²) in [6, 6.07) is 16.1. The van der Waals surface area contributed by atoms with Crippen LogP contribution in [0.1, 0.15) is 11.5 Å². The third-order valence-corrected chi connectivity index (χ3v) is 6.34. The van der Waals surface area contributed by atoms with E-state index < -0.39 is 0 Å². The van der Waals surface area contributed by atoms with Gasteiger partial charge in [0.1, 0.15) is 0 Å². The number of benzene rings is 2. The van der Waals surface area contributed by atoms with E-state index in [1.165, 1.54) is 0 Å². The number of aromatic nitrogens is 3. The molecule has 3 N–H and O–H groups in total. The number of para-hydroxylation sites is 1. The summed E-state index contributed by atoms with van der Waals surface area (Å²) in [5, 5.41) is 11.2. The van der Waals surface area contributed by atoms with Gasteiger partial charge in [0, 0.05) is 61.6 Å². The Bertz CT molecular complexity index is 1180. The van der Waals surface area contributed by atoms with Gasteiger partial charge in [0.2, 0.25) is 5.91 Å². The van der Waals surface area contributed by atoms with Crippen molar-refractivity contribution < 1.29 is 4.79 Å². The Morgan fingerprint density at radius 3 is 2.62 bits per heavy atom. The number of amides is 1. The van der Waals surface area contributed by atoms with Gasteiger partial charge in [0.05, 0.1) is 23.3 Å². The van der Waals surface area contributed by atoms with E-state index >= 15 is 0 Å². The molecular weight excluding hydrogens is 400 g/mol. The number of carbonyl (C=O) groups is 1. The first kappa shape index (κ1) is 20.5. The Morgan fingerprint density at radius 2 is 1.88 bits per heavy atom. The molecular formula is C25H28N6O. The Labute approximate surface area is 187 Å². The first-order chi connectivity index (χ1) is 15.7. The van der Waals surface area contributed by atoms with E-state index in [2.05, 4.69) is 43.4 Å². The van der Waals surface area contributed by atoms with Crippen LogP contribution in [0.3, 0.4) is 0 Å². The molecule has 1 saturated heterocycles. The second-order valence-electron chi connectivity index (χ2n) is 8.47. The Balaban J connectivity index is 1.41. The van der Waals surface area contributed by atoms with Crippen LogP contribution in [0.5, 0.6) is 0 Å². The van der Waals surface area contributed by atoms with Crippen molar-refractivity contribution in [2.24, 2.45) is 0 Å². The number of nitrogens with zero attached hydrogens (tertiary/aromatic N) is 3. The minimum absolute atomic E-state index is 0.0158. The predicted molar refractivity (Wildman–Crippen MR) is 128 cm³/mol. The third kappa shape index (κ3) is 4.17. The molecule has 0 saturated carbocycles. The molecule has 1 aliphatic rings. The fourth-order valence-electron chi connectivity index (χ4n) is 4.43. The summed E-state index contributed by atoms with van der Waals surface area (Å²) in [6.07, 6.45) is 5.63. The number of anilines is 1. The lowest BCUT2D eigenvalue weighted by Gasteiger charge is -2.34. The fraction of sp³-hybridized carbons (Fsp3) is 0.280.